The van der Waals surface area contributed by atoms with Crippen LogP contribution in [0.15, 0.2) is 42.0 Å². The summed E-state index contributed by atoms with van der Waals surface area (Å²) in [4.78, 5) is 11.9. The van der Waals surface area contributed by atoms with Crippen LogP contribution in [0, 0.1) is 5.82 Å². The zero-order valence-corrected chi connectivity index (χ0v) is 11.8. The zero-order valence-electron chi connectivity index (χ0n) is 11.8. The van der Waals surface area contributed by atoms with Crippen molar-refractivity contribution >= 4 is 11.7 Å². The van der Waals surface area contributed by atoms with E-state index in [0.29, 0.717) is 17.9 Å². The van der Waals surface area contributed by atoms with Crippen molar-refractivity contribution in [1.82, 2.24) is 0 Å². The average Bonchev–Trinajstić information content (AvgIpc) is 2.38. The predicted octanol–water partition coefficient (Wildman–Crippen LogP) is 3.46. The van der Waals surface area contributed by atoms with Crippen LogP contribution in [0.4, 0.5) is 4.39 Å². The number of hydrogen-bond acceptors (Lipinski definition) is 3. The standard InChI is InChI=1S/C16H17FO3/c1-4-19-15(18)13-9-10-14(20-16(13,2)3)11-5-7-12(17)8-6-11/h5-10H,4H2,1-3H3. The van der Waals surface area contributed by atoms with Gasteiger partial charge in [0.2, 0.25) is 0 Å². The third-order valence-electron chi connectivity index (χ3n) is 3.04. The van der Waals surface area contributed by atoms with E-state index < -0.39 is 5.60 Å². The second-order valence-electron chi connectivity index (χ2n) is 4.95. The van der Waals surface area contributed by atoms with E-state index in [-0.39, 0.29) is 11.8 Å². The van der Waals surface area contributed by atoms with Gasteiger partial charge in [0.05, 0.1) is 12.2 Å². The molecule has 4 heteroatoms. The molecule has 0 saturated heterocycles. The summed E-state index contributed by atoms with van der Waals surface area (Å²) in [5, 5.41) is 0. The van der Waals surface area contributed by atoms with Crippen LogP contribution in [0.25, 0.3) is 5.76 Å². The summed E-state index contributed by atoms with van der Waals surface area (Å²) in [6.45, 7) is 5.67. The van der Waals surface area contributed by atoms with Gasteiger partial charge in [0.25, 0.3) is 0 Å². The number of halogens is 1. The van der Waals surface area contributed by atoms with Crippen LogP contribution in [-0.4, -0.2) is 18.2 Å². The van der Waals surface area contributed by atoms with Crippen LogP contribution in [0.1, 0.15) is 26.3 Å². The maximum absolute atomic E-state index is 12.9. The van der Waals surface area contributed by atoms with Crippen molar-refractivity contribution in [2.45, 2.75) is 26.4 Å². The van der Waals surface area contributed by atoms with Crippen LogP contribution in [0.5, 0.6) is 0 Å². The molecule has 0 atom stereocenters. The maximum atomic E-state index is 12.9. The van der Waals surface area contributed by atoms with Crippen molar-refractivity contribution < 1.29 is 18.7 Å². The van der Waals surface area contributed by atoms with E-state index in [1.807, 2.05) is 0 Å². The Morgan fingerprint density at radius 3 is 2.45 bits per heavy atom. The highest BCUT2D eigenvalue weighted by molar-refractivity contribution is 5.92. The fraction of sp³-hybridized carbons (Fsp3) is 0.312. The minimum absolute atomic E-state index is 0.299. The Labute approximate surface area is 117 Å². The molecule has 0 fully saturated rings. The first-order chi connectivity index (χ1) is 9.44. The van der Waals surface area contributed by atoms with Gasteiger partial charge in [-0.3, -0.25) is 0 Å². The highest BCUT2D eigenvalue weighted by Crippen LogP contribution is 2.33. The molecule has 0 amide bonds. The number of allylic oxidation sites excluding steroid dienone is 2. The molecule has 1 aliphatic heterocycles. The molecule has 106 valence electrons. The van der Waals surface area contributed by atoms with E-state index in [0.717, 1.165) is 5.56 Å². The summed E-state index contributed by atoms with van der Waals surface area (Å²) in [5.41, 5.74) is 0.439. The lowest BCUT2D eigenvalue weighted by Gasteiger charge is -2.32. The Kier molecular flexibility index (Phi) is 3.93. The molecule has 2 rings (SSSR count). The lowest BCUT2D eigenvalue weighted by molar-refractivity contribution is -0.140. The first-order valence-corrected chi connectivity index (χ1v) is 6.48. The number of ether oxygens (including phenoxy) is 2. The second kappa shape index (κ2) is 5.49. The predicted molar refractivity (Wildman–Crippen MR) is 74.3 cm³/mol. The van der Waals surface area contributed by atoms with Crippen LogP contribution < -0.4 is 0 Å². The van der Waals surface area contributed by atoms with Gasteiger partial charge in [-0.25, -0.2) is 9.18 Å². The van der Waals surface area contributed by atoms with Crippen molar-refractivity contribution in [2.75, 3.05) is 6.61 Å². The summed E-state index contributed by atoms with van der Waals surface area (Å²) in [5.74, 6) is -0.0814. The lowest BCUT2D eigenvalue weighted by Crippen LogP contribution is -2.33. The Hall–Kier alpha value is -2.10. The quantitative estimate of drug-likeness (QED) is 0.793. The van der Waals surface area contributed by atoms with Crippen LogP contribution in [0.2, 0.25) is 0 Å². The molecule has 3 nitrogen and oxygen atoms in total. The summed E-state index contributed by atoms with van der Waals surface area (Å²) in [6, 6.07) is 6.02. The third kappa shape index (κ3) is 2.90. The minimum Gasteiger partial charge on any atom is -0.482 e. The molecule has 0 spiro atoms. The average molecular weight is 276 g/mol. The van der Waals surface area contributed by atoms with Crippen molar-refractivity contribution in [3.63, 3.8) is 0 Å². The van der Waals surface area contributed by atoms with E-state index in [9.17, 15) is 9.18 Å². The number of carbonyl (C=O) groups is 1. The van der Waals surface area contributed by atoms with Gasteiger partial charge in [-0.2, -0.15) is 0 Å². The normalized spacial score (nSPS) is 16.8. The van der Waals surface area contributed by atoms with Gasteiger partial charge in [0.15, 0.2) is 0 Å². The van der Waals surface area contributed by atoms with Crippen LogP contribution >= 0.6 is 0 Å². The molecule has 0 unspecified atom stereocenters. The van der Waals surface area contributed by atoms with E-state index in [1.165, 1.54) is 12.1 Å². The summed E-state index contributed by atoms with van der Waals surface area (Å²) in [7, 11) is 0. The number of rotatable bonds is 3. The largest absolute Gasteiger partial charge is 0.482 e. The van der Waals surface area contributed by atoms with Crippen molar-refractivity contribution in [3.05, 3.63) is 53.4 Å². The molecule has 1 heterocycles. The highest BCUT2D eigenvalue weighted by atomic mass is 19.1. The van der Waals surface area contributed by atoms with E-state index in [2.05, 4.69) is 0 Å². The van der Waals surface area contributed by atoms with Crippen molar-refractivity contribution in [3.8, 4) is 0 Å². The molecular formula is C16H17FO3. The van der Waals surface area contributed by atoms with E-state index >= 15 is 0 Å². The third-order valence-corrected chi connectivity index (χ3v) is 3.04. The number of hydrogen-bond donors (Lipinski definition) is 0. The Morgan fingerprint density at radius 2 is 1.90 bits per heavy atom. The number of carbonyl (C=O) groups excluding carboxylic acids is 1. The molecule has 20 heavy (non-hydrogen) atoms. The molecule has 0 aliphatic carbocycles. The topological polar surface area (TPSA) is 35.5 Å². The fourth-order valence-corrected chi connectivity index (χ4v) is 2.02. The molecule has 0 bridgehead atoms. The molecule has 1 aliphatic rings. The van der Waals surface area contributed by atoms with Gasteiger partial charge in [-0.15, -0.1) is 0 Å². The van der Waals surface area contributed by atoms with Gasteiger partial charge in [0, 0.05) is 5.56 Å². The van der Waals surface area contributed by atoms with Gasteiger partial charge in [-0.05, 0) is 57.2 Å². The van der Waals surface area contributed by atoms with Crippen molar-refractivity contribution in [1.29, 1.82) is 0 Å². The second-order valence-corrected chi connectivity index (χ2v) is 4.95. The minimum atomic E-state index is -0.787. The summed E-state index contributed by atoms with van der Waals surface area (Å²) in [6.07, 6.45) is 3.39. The molecular weight excluding hydrogens is 259 g/mol. The monoisotopic (exact) mass is 276 g/mol. The SMILES string of the molecule is CCOC(=O)C1=CC=C(c2ccc(F)cc2)OC1(C)C. The fourth-order valence-electron chi connectivity index (χ4n) is 2.02. The van der Waals surface area contributed by atoms with Gasteiger partial charge in [0.1, 0.15) is 17.2 Å². The Balaban J connectivity index is 2.31. The van der Waals surface area contributed by atoms with Gasteiger partial charge >= 0.3 is 5.97 Å². The summed E-state index contributed by atoms with van der Waals surface area (Å²) < 4.78 is 23.8. The van der Waals surface area contributed by atoms with E-state index in [1.54, 1.807) is 45.1 Å². The molecule has 1 aromatic rings. The lowest BCUT2D eigenvalue weighted by atomic mass is 9.94. The first-order valence-electron chi connectivity index (χ1n) is 6.48. The van der Waals surface area contributed by atoms with Gasteiger partial charge in [-0.1, -0.05) is 0 Å². The Morgan fingerprint density at radius 1 is 1.25 bits per heavy atom. The van der Waals surface area contributed by atoms with E-state index in [4.69, 9.17) is 9.47 Å². The molecule has 0 saturated carbocycles. The van der Waals surface area contributed by atoms with Crippen molar-refractivity contribution in [2.24, 2.45) is 0 Å². The molecule has 1 aromatic carbocycles. The highest BCUT2D eigenvalue weighted by Gasteiger charge is 2.34. The number of benzene rings is 1. The molecule has 0 N–H and O–H groups in total. The molecule has 0 aromatic heterocycles. The molecule has 0 radical (unpaired) electrons. The number of esters is 1. The zero-order chi connectivity index (χ0) is 14.8. The van der Waals surface area contributed by atoms with Gasteiger partial charge < -0.3 is 9.47 Å². The maximum Gasteiger partial charge on any atom is 0.338 e. The summed E-state index contributed by atoms with van der Waals surface area (Å²) >= 11 is 0. The van der Waals surface area contributed by atoms with Crippen LogP contribution in [0.3, 0.4) is 0 Å². The Bertz CT molecular complexity index is 568. The first kappa shape index (κ1) is 14.3. The smallest absolute Gasteiger partial charge is 0.338 e. The van der Waals surface area contributed by atoms with Crippen LogP contribution in [-0.2, 0) is 14.3 Å².